The zero-order chi connectivity index (χ0) is 10.3. The SMILES string of the molecule is C=CCNC(=CC(=O)O)CC(=O)O. The van der Waals surface area contributed by atoms with E-state index in [9.17, 15) is 9.59 Å². The van der Waals surface area contributed by atoms with Gasteiger partial charge >= 0.3 is 11.9 Å². The number of nitrogens with one attached hydrogen (secondary N) is 1. The summed E-state index contributed by atoms with van der Waals surface area (Å²) >= 11 is 0. The third kappa shape index (κ3) is 6.61. The topological polar surface area (TPSA) is 86.6 Å². The van der Waals surface area contributed by atoms with Crippen LogP contribution >= 0.6 is 0 Å². The molecule has 5 heteroatoms. The molecule has 3 N–H and O–H groups in total. The van der Waals surface area contributed by atoms with Crippen molar-refractivity contribution in [3.63, 3.8) is 0 Å². The molecule has 5 nitrogen and oxygen atoms in total. The average molecular weight is 185 g/mol. The molecular weight excluding hydrogens is 174 g/mol. The minimum Gasteiger partial charge on any atom is -0.481 e. The summed E-state index contributed by atoms with van der Waals surface area (Å²) in [5, 5.41) is 19.4. The first-order valence-electron chi connectivity index (χ1n) is 3.56. The summed E-state index contributed by atoms with van der Waals surface area (Å²) in [5.74, 6) is -2.25. The molecule has 0 unspecified atom stereocenters. The molecular formula is C8H11NO4. The fourth-order valence-electron chi connectivity index (χ4n) is 0.680. The normalized spacial score (nSPS) is 10.6. The lowest BCUT2D eigenvalue weighted by Gasteiger charge is -2.04. The van der Waals surface area contributed by atoms with Gasteiger partial charge in [0, 0.05) is 18.3 Å². The van der Waals surface area contributed by atoms with Crippen molar-refractivity contribution < 1.29 is 19.8 Å². The van der Waals surface area contributed by atoms with Crippen molar-refractivity contribution in [1.29, 1.82) is 0 Å². The van der Waals surface area contributed by atoms with Crippen LogP contribution in [0, 0.1) is 0 Å². The van der Waals surface area contributed by atoms with E-state index >= 15 is 0 Å². The van der Waals surface area contributed by atoms with Crippen molar-refractivity contribution in [2.24, 2.45) is 0 Å². The smallest absolute Gasteiger partial charge is 0.330 e. The first kappa shape index (κ1) is 11.2. The minimum absolute atomic E-state index is 0.153. The lowest BCUT2D eigenvalue weighted by atomic mass is 10.3. The van der Waals surface area contributed by atoms with E-state index in [0.717, 1.165) is 6.08 Å². The Morgan fingerprint density at radius 2 is 2.00 bits per heavy atom. The summed E-state index contributed by atoms with van der Waals surface area (Å²) in [5.41, 5.74) is 0.153. The molecule has 0 aromatic heterocycles. The van der Waals surface area contributed by atoms with Crippen LogP contribution in [-0.2, 0) is 9.59 Å². The van der Waals surface area contributed by atoms with E-state index in [-0.39, 0.29) is 12.1 Å². The number of hydrogen-bond acceptors (Lipinski definition) is 3. The Bertz CT molecular complexity index is 245. The van der Waals surface area contributed by atoms with Crippen LogP contribution in [0.25, 0.3) is 0 Å². The van der Waals surface area contributed by atoms with Crippen molar-refractivity contribution in [2.75, 3.05) is 6.54 Å². The van der Waals surface area contributed by atoms with Gasteiger partial charge < -0.3 is 15.5 Å². The van der Waals surface area contributed by atoms with Gasteiger partial charge in [-0.3, -0.25) is 4.79 Å². The van der Waals surface area contributed by atoms with E-state index in [1.165, 1.54) is 6.08 Å². The summed E-state index contributed by atoms with van der Waals surface area (Å²) in [4.78, 5) is 20.5. The van der Waals surface area contributed by atoms with Crippen LogP contribution in [0.5, 0.6) is 0 Å². The van der Waals surface area contributed by atoms with Crippen molar-refractivity contribution >= 4 is 11.9 Å². The highest BCUT2D eigenvalue weighted by atomic mass is 16.4. The van der Waals surface area contributed by atoms with Crippen LogP contribution in [0.4, 0.5) is 0 Å². The molecule has 0 aromatic rings. The molecule has 0 spiro atoms. The maximum Gasteiger partial charge on any atom is 0.330 e. The predicted octanol–water partition coefficient (Wildman–Crippen LogP) is 0.205. The lowest BCUT2D eigenvalue weighted by Crippen LogP contribution is -2.17. The third-order valence-electron chi connectivity index (χ3n) is 1.11. The number of carboxylic acids is 2. The Labute approximate surface area is 75.4 Å². The molecule has 0 saturated heterocycles. The summed E-state index contributed by atoms with van der Waals surface area (Å²) < 4.78 is 0. The number of carboxylic acid groups (broad SMARTS) is 2. The Morgan fingerprint density at radius 3 is 2.38 bits per heavy atom. The van der Waals surface area contributed by atoms with Gasteiger partial charge in [0.25, 0.3) is 0 Å². The molecule has 0 radical (unpaired) electrons. The molecule has 0 rings (SSSR count). The molecule has 0 aliphatic heterocycles. The first-order chi connectivity index (χ1) is 6.06. The molecule has 0 amide bonds. The maximum atomic E-state index is 10.3. The number of aliphatic carboxylic acids is 2. The van der Waals surface area contributed by atoms with Crippen molar-refractivity contribution in [3.05, 3.63) is 24.4 Å². The Morgan fingerprint density at radius 1 is 1.38 bits per heavy atom. The number of hydrogen-bond donors (Lipinski definition) is 3. The molecule has 72 valence electrons. The van der Waals surface area contributed by atoms with Crippen LogP contribution < -0.4 is 5.32 Å². The van der Waals surface area contributed by atoms with Gasteiger partial charge in [0.05, 0.1) is 6.42 Å². The van der Waals surface area contributed by atoms with E-state index in [2.05, 4.69) is 11.9 Å². The highest BCUT2D eigenvalue weighted by Crippen LogP contribution is 1.96. The second-order valence-electron chi connectivity index (χ2n) is 2.25. The zero-order valence-electron chi connectivity index (χ0n) is 6.99. The largest absolute Gasteiger partial charge is 0.481 e. The lowest BCUT2D eigenvalue weighted by molar-refractivity contribution is -0.136. The summed E-state index contributed by atoms with van der Waals surface area (Å²) in [6, 6.07) is 0. The number of carbonyl (C=O) groups is 2. The van der Waals surface area contributed by atoms with Gasteiger partial charge in [-0.25, -0.2) is 4.79 Å². The van der Waals surface area contributed by atoms with Gasteiger partial charge in [-0.2, -0.15) is 0 Å². The zero-order valence-corrected chi connectivity index (χ0v) is 6.99. The molecule has 0 bridgehead atoms. The van der Waals surface area contributed by atoms with E-state index in [0.29, 0.717) is 6.54 Å². The van der Waals surface area contributed by atoms with Crippen molar-refractivity contribution in [1.82, 2.24) is 5.32 Å². The second-order valence-corrected chi connectivity index (χ2v) is 2.25. The summed E-state index contributed by atoms with van der Waals surface area (Å²) in [6.45, 7) is 3.75. The molecule has 0 atom stereocenters. The molecule has 0 aliphatic rings. The second kappa shape index (κ2) is 5.82. The fraction of sp³-hybridized carbons (Fsp3) is 0.250. The molecule has 0 aliphatic carbocycles. The van der Waals surface area contributed by atoms with E-state index in [4.69, 9.17) is 10.2 Å². The Balaban J connectivity index is 4.26. The Kier molecular flexibility index (Phi) is 5.02. The van der Waals surface area contributed by atoms with E-state index < -0.39 is 11.9 Å². The van der Waals surface area contributed by atoms with E-state index in [1.54, 1.807) is 0 Å². The van der Waals surface area contributed by atoms with Gasteiger partial charge in [0.2, 0.25) is 0 Å². The monoisotopic (exact) mass is 185 g/mol. The van der Waals surface area contributed by atoms with Crippen LogP contribution in [0.2, 0.25) is 0 Å². The maximum absolute atomic E-state index is 10.3. The highest BCUT2D eigenvalue weighted by molar-refractivity contribution is 5.82. The summed E-state index contributed by atoms with van der Waals surface area (Å²) in [6.07, 6.45) is 2.01. The molecule has 0 heterocycles. The van der Waals surface area contributed by atoms with Gasteiger partial charge in [-0.05, 0) is 0 Å². The van der Waals surface area contributed by atoms with Crippen LogP contribution in [0.1, 0.15) is 6.42 Å². The van der Waals surface area contributed by atoms with Crippen molar-refractivity contribution in [3.8, 4) is 0 Å². The molecule has 13 heavy (non-hydrogen) atoms. The van der Waals surface area contributed by atoms with Gasteiger partial charge in [0.15, 0.2) is 0 Å². The highest BCUT2D eigenvalue weighted by Gasteiger charge is 2.04. The van der Waals surface area contributed by atoms with Crippen LogP contribution in [-0.4, -0.2) is 28.7 Å². The fourth-order valence-corrected chi connectivity index (χ4v) is 0.680. The van der Waals surface area contributed by atoms with Crippen LogP contribution in [0.15, 0.2) is 24.4 Å². The molecule has 0 aromatic carbocycles. The van der Waals surface area contributed by atoms with E-state index in [1.807, 2.05) is 0 Å². The van der Waals surface area contributed by atoms with Gasteiger partial charge in [-0.1, -0.05) is 6.08 Å². The van der Waals surface area contributed by atoms with Crippen LogP contribution in [0.3, 0.4) is 0 Å². The molecule has 0 saturated carbocycles. The average Bonchev–Trinajstić information content (AvgIpc) is 1.98. The van der Waals surface area contributed by atoms with Crippen molar-refractivity contribution in [2.45, 2.75) is 6.42 Å². The predicted molar refractivity (Wildman–Crippen MR) is 46.2 cm³/mol. The standard InChI is InChI=1S/C8H11NO4/c1-2-3-9-6(4-7(10)11)5-8(12)13/h2,4,9H,1,3,5H2,(H,10,11)(H,12,13). The van der Waals surface area contributed by atoms with Gasteiger partial charge in [0.1, 0.15) is 0 Å². The summed E-state index contributed by atoms with van der Waals surface area (Å²) in [7, 11) is 0. The minimum atomic E-state index is -1.17. The quantitative estimate of drug-likeness (QED) is 0.406. The third-order valence-corrected chi connectivity index (χ3v) is 1.11. The molecule has 0 fully saturated rings. The Hall–Kier alpha value is -1.78. The number of rotatable bonds is 6. The van der Waals surface area contributed by atoms with Gasteiger partial charge in [-0.15, -0.1) is 6.58 Å². The first-order valence-corrected chi connectivity index (χ1v) is 3.56.